The summed E-state index contributed by atoms with van der Waals surface area (Å²) < 4.78 is 6.70. The van der Waals surface area contributed by atoms with E-state index < -0.39 is 6.09 Å². The molecule has 23 heavy (non-hydrogen) atoms. The molecule has 1 aromatic carbocycles. The lowest BCUT2D eigenvalue weighted by Gasteiger charge is -2.07. The van der Waals surface area contributed by atoms with Crippen LogP contribution in [0.1, 0.15) is 5.56 Å². The zero-order valence-electron chi connectivity index (χ0n) is 12.2. The molecule has 2 N–H and O–H groups in total. The number of amides is 1. The molecule has 0 unspecified atom stereocenters. The van der Waals surface area contributed by atoms with Crippen molar-refractivity contribution >= 4 is 22.9 Å². The van der Waals surface area contributed by atoms with E-state index in [-0.39, 0.29) is 13.2 Å². The number of fused-ring (bicyclic) bond motifs is 1. The van der Waals surface area contributed by atoms with Crippen LogP contribution in [-0.2, 0) is 17.9 Å². The van der Waals surface area contributed by atoms with E-state index in [1.54, 1.807) is 0 Å². The monoisotopic (exact) mass is 313 g/mol. The van der Waals surface area contributed by atoms with E-state index in [1.165, 1.54) is 17.2 Å². The smallest absolute Gasteiger partial charge is 0.413 e. The number of benzene rings is 1. The topological polar surface area (TPSA) is 102 Å². The Bertz CT molecular complexity index is 803. The molecule has 0 aliphatic carbocycles. The molecule has 3 aromatic rings. The van der Waals surface area contributed by atoms with E-state index in [2.05, 4.69) is 20.4 Å². The Morgan fingerprint density at radius 3 is 2.87 bits per heavy atom. The van der Waals surface area contributed by atoms with Gasteiger partial charge in [0.15, 0.2) is 5.65 Å². The van der Waals surface area contributed by atoms with Gasteiger partial charge in [-0.2, -0.15) is 5.10 Å². The van der Waals surface area contributed by atoms with Crippen LogP contribution in [0.3, 0.4) is 0 Å². The van der Waals surface area contributed by atoms with Gasteiger partial charge >= 0.3 is 6.09 Å². The Kier molecular flexibility index (Phi) is 4.44. The molecule has 2 aromatic heterocycles. The lowest BCUT2D eigenvalue weighted by molar-refractivity contribution is 0.155. The summed E-state index contributed by atoms with van der Waals surface area (Å²) in [5.74, 6) is 0.317. The van der Waals surface area contributed by atoms with Crippen LogP contribution < -0.4 is 5.32 Å². The van der Waals surface area contributed by atoms with Crippen molar-refractivity contribution in [2.45, 2.75) is 13.2 Å². The summed E-state index contributed by atoms with van der Waals surface area (Å²) in [4.78, 5) is 20.0. The summed E-state index contributed by atoms with van der Waals surface area (Å²) >= 11 is 0. The average molecular weight is 313 g/mol. The maximum atomic E-state index is 11.9. The number of hydrogen-bond donors (Lipinski definition) is 2. The Balaban J connectivity index is 1.70. The standard InChI is InChI=1S/C15H15N5O3/c21-7-6-20-14-12(8-18-20)13(16-10-17-14)19-15(22)23-9-11-4-2-1-3-5-11/h1-5,8,10,21H,6-7,9H2,(H,16,17,19,22). The molecule has 118 valence electrons. The number of nitrogens with zero attached hydrogens (tertiary/aromatic N) is 4. The van der Waals surface area contributed by atoms with Crippen molar-refractivity contribution in [3.63, 3.8) is 0 Å². The minimum absolute atomic E-state index is 0.0529. The maximum Gasteiger partial charge on any atom is 0.413 e. The normalized spacial score (nSPS) is 10.7. The second-order valence-corrected chi connectivity index (χ2v) is 4.74. The number of ether oxygens (including phenoxy) is 1. The Morgan fingerprint density at radius 2 is 2.09 bits per heavy atom. The van der Waals surface area contributed by atoms with Crippen LogP contribution in [0.25, 0.3) is 11.0 Å². The molecule has 2 heterocycles. The third kappa shape index (κ3) is 3.43. The molecule has 0 aliphatic rings. The van der Waals surface area contributed by atoms with Gasteiger partial charge in [-0.1, -0.05) is 30.3 Å². The van der Waals surface area contributed by atoms with Crippen LogP contribution in [-0.4, -0.2) is 37.6 Å². The minimum Gasteiger partial charge on any atom is -0.444 e. The van der Waals surface area contributed by atoms with Gasteiger partial charge in [-0.15, -0.1) is 0 Å². The van der Waals surface area contributed by atoms with Crippen LogP contribution in [0.2, 0.25) is 0 Å². The summed E-state index contributed by atoms with van der Waals surface area (Å²) in [6.07, 6.45) is 2.26. The number of aliphatic hydroxyl groups is 1. The lowest BCUT2D eigenvalue weighted by atomic mass is 10.2. The van der Waals surface area contributed by atoms with Crippen LogP contribution >= 0.6 is 0 Å². The molecule has 8 nitrogen and oxygen atoms in total. The number of nitrogens with one attached hydrogen (secondary N) is 1. The number of aromatic nitrogens is 4. The third-order valence-electron chi connectivity index (χ3n) is 3.18. The van der Waals surface area contributed by atoms with Crippen LogP contribution in [0.15, 0.2) is 42.9 Å². The number of rotatable bonds is 5. The molecule has 8 heteroatoms. The fourth-order valence-corrected chi connectivity index (χ4v) is 2.11. The number of carbonyl (C=O) groups is 1. The molecule has 0 bridgehead atoms. The molecule has 1 amide bonds. The zero-order valence-corrected chi connectivity index (χ0v) is 12.2. The van der Waals surface area contributed by atoms with Crippen molar-refractivity contribution in [2.75, 3.05) is 11.9 Å². The van der Waals surface area contributed by atoms with Crippen LogP contribution in [0.5, 0.6) is 0 Å². The van der Waals surface area contributed by atoms with E-state index in [0.29, 0.717) is 23.4 Å². The first-order valence-corrected chi connectivity index (χ1v) is 7.03. The number of hydrogen-bond acceptors (Lipinski definition) is 6. The predicted molar refractivity (Wildman–Crippen MR) is 82.7 cm³/mol. The molecular weight excluding hydrogens is 298 g/mol. The Hall–Kier alpha value is -3.00. The highest BCUT2D eigenvalue weighted by Gasteiger charge is 2.12. The summed E-state index contributed by atoms with van der Waals surface area (Å²) in [6, 6.07) is 9.38. The highest BCUT2D eigenvalue weighted by molar-refractivity contribution is 5.95. The molecule has 0 aliphatic heterocycles. The maximum absolute atomic E-state index is 11.9. The number of aliphatic hydroxyl groups excluding tert-OH is 1. The van der Waals surface area contributed by atoms with E-state index in [9.17, 15) is 4.79 Å². The number of anilines is 1. The van der Waals surface area contributed by atoms with Gasteiger partial charge in [0.1, 0.15) is 18.8 Å². The summed E-state index contributed by atoms with van der Waals surface area (Å²) in [7, 11) is 0. The average Bonchev–Trinajstić information content (AvgIpc) is 2.99. The highest BCUT2D eigenvalue weighted by Crippen LogP contribution is 2.18. The Labute approximate surface area is 131 Å². The van der Waals surface area contributed by atoms with Crippen LogP contribution in [0, 0.1) is 0 Å². The molecule has 0 radical (unpaired) electrons. The fraction of sp³-hybridized carbons (Fsp3) is 0.200. The summed E-state index contributed by atoms with van der Waals surface area (Å²) in [5.41, 5.74) is 1.43. The predicted octanol–water partition coefficient (Wildman–Crippen LogP) is 1.57. The van der Waals surface area contributed by atoms with Gasteiger partial charge in [0.25, 0.3) is 0 Å². The Morgan fingerprint density at radius 1 is 1.26 bits per heavy atom. The first kappa shape index (κ1) is 14.9. The van der Waals surface area contributed by atoms with Crippen molar-refractivity contribution < 1.29 is 14.6 Å². The molecule has 0 saturated carbocycles. The van der Waals surface area contributed by atoms with Gasteiger partial charge in [0, 0.05) is 0 Å². The summed E-state index contributed by atoms with van der Waals surface area (Å²) in [5, 5.41) is 16.3. The van der Waals surface area contributed by atoms with E-state index in [0.717, 1.165) is 5.56 Å². The van der Waals surface area contributed by atoms with Gasteiger partial charge in [0.2, 0.25) is 0 Å². The van der Waals surface area contributed by atoms with Gasteiger partial charge in [-0.25, -0.2) is 19.4 Å². The summed E-state index contributed by atoms with van der Waals surface area (Å²) in [6.45, 7) is 0.436. The van der Waals surface area contributed by atoms with Crippen molar-refractivity contribution in [3.05, 3.63) is 48.4 Å². The van der Waals surface area contributed by atoms with E-state index in [4.69, 9.17) is 9.84 Å². The third-order valence-corrected chi connectivity index (χ3v) is 3.18. The van der Waals surface area contributed by atoms with Crippen molar-refractivity contribution in [1.29, 1.82) is 0 Å². The molecule has 0 saturated heterocycles. The molecule has 0 atom stereocenters. The van der Waals surface area contributed by atoms with Gasteiger partial charge in [-0.05, 0) is 5.56 Å². The van der Waals surface area contributed by atoms with E-state index >= 15 is 0 Å². The lowest BCUT2D eigenvalue weighted by Crippen LogP contribution is -2.15. The van der Waals surface area contributed by atoms with Crippen molar-refractivity contribution in [2.24, 2.45) is 0 Å². The second-order valence-electron chi connectivity index (χ2n) is 4.74. The quantitative estimate of drug-likeness (QED) is 0.741. The molecule has 0 spiro atoms. The van der Waals surface area contributed by atoms with Crippen LogP contribution in [0.4, 0.5) is 10.6 Å². The molecule has 3 rings (SSSR count). The largest absolute Gasteiger partial charge is 0.444 e. The van der Waals surface area contributed by atoms with Gasteiger partial charge < -0.3 is 9.84 Å². The second kappa shape index (κ2) is 6.84. The highest BCUT2D eigenvalue weighted by atomic mass is 16.5. The first-order valence-electron chi connectivity index (χ1n) is 7.03. The molecular formula is C15H15N5O3. The van der Waals surface area contributed by atoms with Gasteiger partial charge in [-0.3, -0.25) is 5.32 Å². The minimum atomic E-state index is -0.608. The zero-order chi connectivity index (χ0) is 16.1. The fourth-order valence-electron chi connectivity index (χ4n) is 2.11. The van der Waals surface area contributed by atoms with E-state index in [1.807, 2.05) is 30.3 Å². The first-order chi connectivity index (χ1) is 11.3. The SMILES string of the molecule is O=C(Nc1ncnc2c1cnn2CCO)OCc1ccccc1. The van der Waals surface area contributed by atoms with Gasteiger partial charge in [0.05, 0.1) is 24.7 Å². The van der Waals surface area contributed by atoms with Crippen molar-refractivity contribution in [3.8, 4) is 0 Å². The number of carbonyl (C=O) groups excluding carboxylic acids is 1. The van der Waals surface area contributed by atoms with Crippen molar-refractivity contribution in [1.82, 2.24) is 19.7 Å². The molecule has 0 fully saturated rings.